The van der Waals surface area contributed by atoms with Crippen LogP contribution in [-0.4, -0.2) is 43.0 Å². The summed E-state index contributed by atoms with van der Waals surface area (Å²) in [6, 6.07) is 9.26. The van der Waals surface area contributed by atoms with Crippen LogP contribution in [0.2, 0.25) is 0 Å². The number of amides is 2. The van der Waals surface area contributed by atoms with Gasteiger partial charge in [0.25, 0.3) is 5.91 Å². The highest BCUT2D eigenvalue weighted by Crippen LogP contribution is 2.32. The Bertz CT molecular complexity index is 875. The number of nitrogens with one attached hydrogen (secondary N) is 1. The van der Waals surface area contributed by atoms with Gasteiger partial charge in [0.15, 0.2) is 11.5 Å². The zero-order valence-corrected chi connectivity index (χ0v) is 16.2. The van der Waals surface area contributed by atoms with Crippen molar-refractivity contribution in [2.75, 3.05) is 31.6 Å². The van der Waals surface area contributed by atoms with Crippen LogP contribution in [0.1, 0.15) is 17.3 Å². The monoisotopic (exact) mass is 436 g/mol. The van der Waals surface area contributed by atoms with Crippen molar-refractivity contribution in [1.29, 1.82) is 0 Å². The SMILES string of the molecule is CCN(CC(=O)Nc1ccc2c(c1)OCCO2)C(=O)c1ccc(Br)cc1F. The molecule has 0 bridgehead atoms. The molecule has 1 aliphatic heterocycles. The number of carbonyl (C=O) groups excluding carboxylic acids is 2. The Hall–Kier alpha value is -2.61. The maximum absolute atomic E-state index is 14.0. The molecule has 27 heavy (non-hydrogen) atoms. The second kappa shape index (κ2) is 8.39. The molecule has 0 spiro atoms. The molecule has 0 unspecified atom stereocenters. The van der Waals surface area contributed by atoms with E-state index in [1.807, 2.05) is 0 Å². The number of rotatable bonds is 5. The summed E-state index contributed by atoms with van der Waals surface area (Å²) >= 11 is 3.15. The van der Waals surface area contributed by atoms with Gasteiger partial charge in [-0.15, -0.1) is 0 Å². The summed E-state index contributed by atoms with van der Waals surface area (Å²) in [5, 5.41) is 2.72. The molecule has 1 N–H and O–H groups in total. The fraction of sp³-hybridized carbons (Fsp3) is 0.263. The Morgan fingerprint density at radius 1 is 1.15 bits per heavy atom. The van der Waals surface area contributed by atoms with Crippen LogP contribution < -0.4 is 14.8 Å². The van der Waals surface area contributed by atoms with Crippen molar-refractivity contribution >= 4 is 33.4 Å². The number of hydrogen-bond donors (Lipinski definition) is 1. The summed E-state index contributed by atoms with van der Waals surface area (Å²) < 4.78 is 25.5. The molecule has 8 heteroatoms. The molecule has 0 fully saturated rings. The van der Waals surface area contributed by atoms with Crippen LogP contribution in [0.3, 0.4) is 0 Å². The van der Waals surface area contributed by atoms with Crippen LogP contribution in [0.5, 0.6) is 11.5 Å². The van der Waals surface area contributed by atoms with Crippen LogP contribution in [0.15, 0.2) is 40.9 Å². The van der Waals surface area contributed by atoms with Crippen molar-refractivity contribution in [3.8, 4) is 11.5 Å². The van der Waals surface area contributed by atoms with E-state index in [1.165, 1.54) is 17.0 Å². The summed E-state index contributed by atoms with van der Waals surface area (Å²) in [6.45, 7) is 2.73. The van der Waals surface area contributed by atoms with Crippen LogP contribution in [0.25, 0.3) is 0 Å². The van der Waals surface area contributed by atoms with E-state index in [4.69, 9.17) is 9.47 Å². The van der Waals surface area contributed by atoms with Crippen LogP contribution in [-0.2, 0) is 4.79 Å². The lowest BCUT2D eigenvalue weighted by molar-refractivity contribution is -0.116. The second-order valence-corrected chi connectivity index (χ2v) is 6.77. The maximum atomic E-state index is 14.0. The molecule has 0 radical (unpaired) electrons. The standard InChI is InChI=1S/C19H18BrFN2O4/c1-2-23(19(25)14-5-3-12(20)9-15(14)21)11-18(24)22-13-4-6-16-17(10-13)27-8-7-26-16/h3-6,9-10H,2,7-8,11H2,1H3,(H,22,24). The summed E-state index contributed by atoms with van der Waals surface area (Å²) in [5.74, 6) is -0.394. The second-order valence-electron chi connectivity index (χ2n) is 5.85. The van der Waals surface area contributed by atoms with Gasteiger partial charge in [-0.05, 0) is 37.3 Å². The van der Waals surface area contributed by atoms with Crippen molar-refractivity contribution < 1.29 is 23.5 Å². The number of benzene rings is 2. The lowest BCUT2D eigenvalue weighted by atomic mass is 10.2. The molecule has 1 heterocycles. The first-order valence-electron chi connectivity index (χ1n) is 8.41. The zero-order chi connectivity index (χ0) is 19.4. The van der Waals surface area contributed by atoms with E-state index in [0.717, 1.165) is 0 Å². The molecule has 2 amide bonds. The van der Waals surface area contributed by atoms with Gasteiger partial charge in [-0.25, -0.2) is 4.39 Å². The van der Waals surface area contributed by atoms with E-state index in [0.29, 0.717) is 34.9 Å². The first-order valence-corrected chi connectivity index (χ1v) is 9.21. The third-order valence-electron chi connectivity index (χ3n) is 3.99. The third kappa shape index (κ3) is 4.57. The number of anilines is 1. The Labute approximate surface area is 164 Å². The number of halogens is 2. The molecular formula is C19H18BrFN2O4. The van der Waals surface area contributed by atoms with Crippen molar-refractivity contribution in [3.05, 3.63) is 52.3 Å². The fourth-order valence-corrected chi connectivity index (χ4v) is 2.99. The molecule has 0 aromatic heterocycles. The predicted octanol–water partition coefficient (Wildman–Crippen LogP) is 3.46. The highest BCUT2D eigenvalue weighted by atomic mass is 79.9. The van der Waals surface area contributed by atoms with Crippen molar-refractivity contribution in [2.24, 2.45) is 0 Å². The van der Waals surface area contributed by atoms with Gasteiger partial charge >= 0.3 is 0 Å². The molecule has 0 atom stereocenters. The van der Waals surface area contributed by atoms with Crippen LogP contribution >= 0.6 is 15.9 Å². The Balaban J connectivity index is 1.67. The largest absolute Gasteiger partial charge is 0.486 e. The topological polar surface area (TPSA) is 67.9 Å². The summed E-state index contributed by atoms with van der Waals surface area (Å²) in [5.41, 5.74) is 0.453. The fourth-order valence-electron chi connectivity index (χ4n) is 2.66. The number of fused-ring (bicyclic) bond motifs is 1. The number of ether oxygens (including phenoxy) is 2. The predicted molar refractivity (Wildman–Crippen MR) is 102 cm³/mol. The summed E-state index contributed by atoms with van der Waals surface area (Å²) in [7, 11) is 0. The van der Waals surface area contributed by atoms with Crippen LogP contribution in [0, 0.1) is 5.82 Å². The highest BCUT2D eigenvalue weighted by Gasteiger charge is 2.21. The van der Waals surface area contributed by atoms with Gasteiger partial charge in [0, 0.05) is 22.8 Å². The Kier molecular flexibility index (Phi) is 5.95. The summed E-state index contributed by atoms with van der Waals surface area (Å²) in [4.78, 5) is 26.2. The average molecular weight is 437 g/mol. The van der Waals surface area contributed by atoms with Gasteiger partial charge in [-0.2, -0.15) is 0 Å². The maximum Gasteiger partial charge on any atom is 0.257 e. The molecule has 6 nitrogen and oxygen atoms in total. The minimum absolute atomic E-state index is 0.0767. The number of nitrogens with zero attached hydrogens (tertiary/aromatic N) is 1. The van der Waals surface area contributed by atoms with Crippen molar-refractivity contribution in [3.63, 3.8) is 0 Å². The average Bonchev–Trinajstić information content (AvgIpc) is 2.65. The molecule has 1 aliphatic rings. The molecule has 142 valence electrons. The lowest BCUT2D eigenvalue weighted by Crippen LogP contribution is -2.38. The molecule has 3 rings (SSSR count). The van der Waals surface area contributed by atoms with E-state index in [9.17, 15) is 14.0 Å². The first kappa shape index (κ1) is 19.2. The van der Waals surface area contributed by atoms with Gasteiger partial charge < -0.3 is 19.7 Å². The van der Waals surface area contributed by atoms with Gasteiger partial charge in [0.1, 0.15) is 25.6 Å². The molecule has 2 aromatic carbocycles. The number of hydrogen-bond acceptors (Lipinski definition) is 4. The van der Waals surface area contributed by atoms with E-state index in [-0.39, 0.29) is 24.6 Å². The zero-order valence-electron chi connectivity index (χ0n) is 14.6. The highest BCUT2D eigenvalue weighted by molar-refractivity contribution is 9.10. The lowest BCUT2D eigenvalue weighted by Gasteiger charge is -2.21. The van der Waals surface area contributed by atoms with E-state index >= 15 is 0 Å². The molecule has 0 aliphatic carbocycles. The molecular weight excluding hydrogens is 419 g/mol. The minimum Gasteiger partial charge on any atom is -0.486 e. The molecule has 2 aromatic rings. The third-order valence-corrected chi connectivity index (χ3v) is 4.48. The quantitative estimate of drug-likeness (QED) is 0.778. The van der Waals surface area contributed by atoms with Gasteiger partial charge in [0.05, 0.1) is 5.56 Å². The molecule has 0 saturated heterocycles. The first-order chi connectivity index (χ1) is 13.0. The number of carbonyl (C=O) groups is 2. The summed E-state index contributed by atoms with van der Waals surface area (Å²) in [6.07, 6.45) is 0. The number of likely N-dealkylation sites (N-methyl/N-ethyl adjacent to an activating group) is 1. The normalized spacial score (nSPS) is 12.4. The van der Waals surface area contributed by atoms with Crippen LogP contribution in [0.4, 0.5) is 10.1 Å². The van der Waals surface area contributed by atoms with Crippen molar-refractivity contribution in [1.82, 2.24) is 4.90 Å². The van der Waals surface area contributed by atoms with E-state index in [2.05, 4.69) is 21.2 Å². The Morgan fingerprint density at radius 2 is 1.89 bits per heavy atom. The van der Waals surface area contributed by atoms with Gasteiger partial charge in [0.2, 0.25) is 5.91 Å². The minimum atomic E-state index is -0.639. The van der Waals surface area contributed by atoms with Gasteiger partial charge in [-0.3, -0.25) is 9.59 Å². The van der Waals surface area contributed by atoms with Gasteiger partial charge in [-0.1, -0.05) is 15.9 Å². The smallest absolute Gasteiger partial charge is 0.257 e. The Morgan fingerprint density at radius 3 is 2.59 bits per heavy atom. The molecule has 0 saturated carbocycles. The van der Waals surface area contributed by atoms with E-state index < -0.39 is 11.7 Å². The van der Waals surface area contributed by atoms with E-state index in [1.54, 1.807) is 31.2 Å². The van der Waals surface area contributed by atoms with Crippen molar-refractivity contribution in [2.45, 2.75) is 6.92 Å².